The molecule has 3 aromatic rings. The van der Waals surface area contributed by atoms with Gasteiger partial charge < -0.3 is 5.32 Å². The highest BCUT2D eigenvalue weighted by atomic mass is 16.2. The Hall–Kier alpha value is -3.24. The number of anilines is 1. The lowest BCUT2D eigenvalue weighted by atomic mass is 9.59. The van der Waals surface area contributed by atoms with Crippen molar-refractivity contribution in [3.63, 3.8) is 0 Å². The van der Waals surface area contributed by atoms with Crippen LogP contribution in [-0.4, -0.2) is 30.2 Å². The molecule has 2 heterocycles. The van der Waals surface area contributed by atoms with E-state index in [0.717, 1.165) is 27.9 Å². The maximum atomic E-state index is 14.3. The summed E-state index contributed by atoms with van der Waals surface area (Å²) in [5.41, 5.74) is 3.90. The minimum atomic E-state index is -1.03. The minimum Gasteiger partial charge on any atom is -0.324 e. The second kappa shape index (κ2) is 6.14. The SMILES string of the molecule is Cc1ccc([C@@H]2CN(C)[C@]3(C(=O)Nc4ccccc43)[C@]23Cc2ccccc2C3=O)cc1. The van der Waals surface area contributed by atoms with Gasteiger partial charge in [-0.3, -0.25) is 14.5 Å². The van der Waals surface area contributed by atoms with E-state index in [1.54, 1.807) is 0 Å². The fraction of sp³-hybridized carbons (Fsp3) is 0.259. The number of nitrogens with zero attached hydrogens (tertiary/aromatic N) is 1. The lowest BCUT2D eigenvalue weighted by Crippen LogP contribution is -2.58. The topological polar surface area (TPSA) is 49.4 Å². The largest absolute Gasteiger partial charge is 0.324 e. The summed E-state index contributed by atoms with van der Waals surface area (Å²) in [6.07, 6.45) is 0.562. The van der Waals surface area contributed by atoms with Gasteiger partial charge in [0.2, 0.25) is 0 Å². The van der Waals surface area contributed by atoms with Gasteiger partial charge in [-0.1, -0.05) is 72.3 Å². The first-order valence-corrected chi connectivity index (χ1v) is 10.8. The van der Waals surface area contributed by atoms with E-state index >= 15 is 0 Å². The van der Waals surface area contributed by atoms with E-state index < -0.39 is 11.0 Å². The molecule has 0 unspecified atom stereocenters. The third kappa shape index (κ3) is 2.08. The molecule has 31 heavy (non-hydrogen) atoms. The molecule has 1 N–H and O–H groups in total. The van der Waals surface area contributed by atoms with Crippen LogP contribution in [0.5, 0.6) is 0 Å². The van der Waals surface area contributed by atoms with Crippen molar-refractivity contribution in [3.05, 3.63) is 101 Å². The number of carbonyl (C=O) groups excluding carboxylic acids is 2. The number of benzene rings is 3. The number of para-hydroxylation sites is 1. The summed E-state index contributed by atoms with van der Waals surface area (Å²) in [4.78, 5) is 30.3. The quantitative estimate of drug-likeness (QED) is 0.653. The van der Waals surface area contributed by atoms with Gasteiger partial charge in [0.05, 0.1) is 5.41 Å². The summed E-state index contributed by atoms with van der Waals surface area (Å²) in [5, 5.41) is 3.11. The van der Waals surface area contributed by atoms with Crippen LogP contribution in [0.2, 0.25) is 0 Å². The molecular formula is C27H24N2O2. The number of aryl methyl sites for hydroxylation is 1. The Kier molecular flexibility index (Phi) is 3.67. The summed E-state index contributed by atoms with van der Waals surface area (Å²) >= 11 is 0. The Bertz CT molecular complexity index is 1250. The molecule has 0 bridgehead atoms. The summed E-state index contributed by atoms with van der Waals surface area (Å²) in [6, 6.07) is 24.2. The molecule has 1 aliphatic carbocycles. The number of carbonyl (C=O) groups is 2. The highest BCUT2D eigenvalue weighted by Crippen LogP contribution is 2.66. The van der Waals surface area contributed by atoms with Crippen LogP contribution >= 0.6 is 0 Å². The Balaban J connectivity index is 1.67. The summed E-state index contributed by atoms with van der Waals surface area (Å²) in [7, 11) is 1.99. The second-order valence-corrected chi connectivity index (χ2v) is 9.19. The number of rotatable bonds is 1. The number of hydrogen-bond donors (Lipinski definition) is 1. The van der Waals surface area contributed by atoms with Crippen molar-refractivity contribution in [1.82, 2.24) is 4.90 Å². The highest BCUT2D eigenvalue weighted by Gasteiger charge is 2.74. The van der Waals surface area contributed by atoms with Crippen LogP contribution in [0.4, 0.5) is 5.69 Å². The van der Waals surface area contributed by atoms with Crippen LogP contribution < -0.4 is 5.32 Å². The van der Waals surface area contributed by atoms with E-state index in [2.05, 4.69) is 41.4 Å². The molecule has 3 aliphatic rings. The Morgan fingerprint density at radius 1 is 0.935 bits per heavy atom. The molecule has 0 aromatic heterocycles. The van der Waals surface area contributed by atoms with Crippen molar-refractivity contribution in [1.29, 1.82) is 0 Å². The standard InChI is InChI=1S/C27H24N2O2/c1-17-11-13-18(14-12-17)22-16-29(2)27(21-9-5-6-10-23(21)28-25(27)31)26(22)15-19-7-3-4-8-20(19)24(26)30/h3-14,22H,15-16H2,1-2H3,(H,28,31)/t22-,26+,27+/m0/s1. The van der Waals surface area contributed by atoms with Gasteiger partial charge in [0.15, 0.2) is 5.78 Å². The van der Waals surface area contributed by atoms with Crippen molar-refractivity contribution in [3.8, 4) is 0 Å². The number of amides is 1. The number of hydrogen-bond acceptors (Lipinski definition) is 3. The first kappa shape index (κ1) is 18.5. The van der Waals surface area contributed by atoms with E-state index in [9.17, 15) is 9.59 Å². The van der Waals surface area contributed by atoms with Gasteiger partial charge in [-0.15, -0.1) is 0 Å². The summed E-state index contributed by atoms with van der Waals surface area (Å²) < 4.78 is 0. The lowest BCUT2D eigenvalue weighted by Gasteiger charge is -2.43. The predicted molar refractivity (Wildman–Crippen MR) is 120 cm³/mol. The maximum Gasteiger partial charge on any atom is 0.250 e. The average Bonchev–Trinajstić information content (AvgIpc) is 3.34. The molecule has 0 radical (unpaired) electrons. The molecule has 4 nitrogen and oxygen atoms in total. The zero-order valence-electron chi connectivity index (χ0n) is 17.7. The molecule has 4 heteroatoms. The molecule has 3 aromatic carbocycles. The van der Waals surface area contributed by atoms with Crippen molar-refractivity contribution in [2.75, 3.05) is 18.9 Å². The first-order valence-electron chi connectivity index (χ1n) is 10.8. The number of Topliss-reactive ketones (excluding diaryl/α,β-unsaturated/α-hetero) is 1. The van der Waals surface area contributed by atoms with Gasteiger partial charge >= 0.3 is 0 Å². The molecule has 1 amide bonds. The zero-order chi connectivity index (χ0) is 21.4. The normalized spacial score (nSPS) is 28.9. The van der Waals surface area contributed by atoms with Gasteiger partial charge in [-0.25, -0.2) is 0 Å². The highest BCUT2D eigenvalue weighted by molar-refractivity contribution is 6.16. The number of likely N-dealkylation sites (N-methyl/N-ethyl adjacent to an activating group) is 1. The number of nitrogens with one attached hydrogen (secondary N) is 1. The second-order valence-electron chi connectivity index (χ2n) is 9.19. The average molecular weight is 409 g/mol. The smallest absolute Gasteiger partial charge is 0.250 e. The summed E-state index contributed by atoms with van der Waals surface area (Å²) in [5.74, 6) is -0.0910. The third-order valence-corrected chi connectivity index (χ3v) is 7.78. The van der Waals surface area contributed by atoms with E-state index in [1.807, 2.05) is 55.6 Å². The Morgan fingerprint density at radius 3 is 2.42 bits per heavy atom. The van der Waals surface area contributed by atoms with Crippen LogP contribution in [0.25, 0.3) is 0 Å². The number of fused-ring (bicyclic) bond motifs is 4. The number of ketones is 1. The number of likely N-dealkylation sites (tertiary alicyclic amines) is 1. The van der Waals surface area contributed by atoms with Gasteiger partial charge in [0.1, 0.15) is 5.54 Å². The van der Waals surface area contributed by atoms with Crippen molar-refractivity contribution in [2.24, 2.45) is 5.41 Å². The van der Waals surface area contributed by atoms with E-state index in [0.29, 0.717) is 13.0 Å². The Morgan fingerprint density at radius 2 is 1.65 bits per heavy atom. The van der Waals surface area contributed by atoms with Gasteiger partial charge in [-0.2, -0.15) is 0 Å². The predicted octanol–water partition coefficient (Wildman–Crippen LogP) is 4.30. The zero-order valence-corrected chi connectivity index (χ0v) is 17.7. The van der Waals surface area contributed by atoms with Gasteiger partial charge in [-0.05, 0) is 37.6 Å². The van der Waals surface area contributed by atoms with Gasteiger partial charge in [0.25, 0.3) is 5.91 Å². The molecule has 1 fully saturated rings. The lowest BCUT2D eigenvalue weighted by molar-refractivity contribution is -0.130. The fourth-order valence-corrected chi connectivity index (χ4v) is 6.50. The molecule has 1 saturated heterocycles. The van der Waals surface area contributed by atoms with E-state index in [-0.39, 0.29) is 17.6 Å². The molecule has 6 rings (SSSR count). The van der Waals surface area contributed by atoms with Crippen LogP contribution in [0, 0.1) is 12.3 Å². The molecule has 0 saturated carbocycles. The van der Waals surface area contributed by atoms with Crippen molar-refractivity contribution >= 4 is 17.4 Å². The summed E-state index contributed by atoms with van der Waals surface area (Å²) in [6.45, 7) is 2.71. The molecule has 154 valence electrons. The van der Waals surface area contributed by atoms with E-state index in [4.69, 9.17) is 0 Å². The third-order valence-electron chi connectivity index (χ3n) is 7.78. The van der Waals surface area contributed by atoms with Crippen molar-refractivity contribution < 1.29 is 9.59 Å². The van der Waals surface area contributed by atoms with Gasteiger partial charge in [0, 0.05) is 29.3 Å². The maximum absolute atomic E-state index is 14.3. The van der Waals surface area contributed by atoms with Crippen LogP contribution in [0.15, 0.2) is 72.8 Å². The molecule has 3 atom stereocenters. The van der Waals surface area contributed by atoms with E-state index in [1.165, 1.54) is 5.56 Å². The first-order chi connectivity index (χ1) is 15.0. The van der Waals surface area contributed by atoms with Crippen molar-refractivity contribution in [2.45, 2.75) is 24.8 Å². The molecular weight excluding hydrogens is 384 g/mol. The minimum absolute atomic E-state index is 0.0879. The fourth-order valence-electron chi connectivity index (χ4n) is 6.50. The molecule has 2 aliphatic heterocycles. The Labute approximate surface area is 181 Å². The monoisotopic (exact) mass is 408 g/mol. The van der Waals surface area contributed by atoms with Crippen LogP contribution in [0.1, 0.15) is 38.5 Å². The molecule has 2 spiro atoms. The van der Waals surface area contributed by atoms with Crippen LogP contribution in [-0.2, 0) is 16.8 Å². The van der Waals surface area contributed by atoms with Crippen LogP contribution in [0.3, 0.4) is 0 Å².